The zero-order valence-electron chi connectivity index (χ0n) is 6.27. The maximum absolute atomic E-state index is 2.61. The van der Waals surface area contributed by atoms with Crippen LogP contribution in [0.5, 0.6) is 0 Å². The summed E-state index contributed by atoms with van der Waals surface area (Å²) in [5.41, 5.74) is 0.773. The van der Waals surface area contributed by atoms with E-state index in [1.807, 2.05) is 0 Å². The summed E-state index contributed by atoms with van der Waals surface area (Å²) in [4.78, 5) is 2.61. The Morgan fingerprint density at radius 3 is 1.90 bits per heavy atom. The number of rotatable bonds is 1. The molecule has 0 aliphatic carbocycles. The fraction of sp³-hybridized carbons (Fsp3) is 1.00. The van der Waals surface area contributed by atoms with Crippen molar-refractivity contribution in [2.75, 3.05) is 24.1 Å². The quantitative estimate of drug-likeness (QED) is 0.508. The van der Waals surface area contributed by atoms with Gasteiger partial charge in [0.25, 0.3) is 0 Å². The normalized spacial score (nSPS) is 45.9. The van der Waals surface area contributed by atoms with Crippen LogP contribution in [0, 0.1) is 5.41 Å². The van der Waals surface area contributed by atoms with Crippen molar-refractivity contribution in [1.29, 1.82) is 0 Å². The molecule has 58 valence electrons. The molecule has 2 heteroatoms. The molecule has 0 radical (unpaired) electrons. The van der Waals surface area contributed by atoms with Gasteiger partial charge in [-0.1, -0.05) is 22.6 Å². The predicted octanol–water partition coefficient (Wildman–Crippen LogP) is 1.91. The van der Waals surface area contributed by atoms with Gasteiger partial charge in [-0.3, -0.25) is 0 Å². The molecule has 0 amide bonds. The van der Waals surface area contributed by atoms with Crippen molar-refractivity contribution in [3.63, 3.8) is 0 Å². The summed E-state index contributed by atoms with van der Waals surface area (Å²) in [6.45, 7) is 4.13. The van der Waals surface area contributed by atoms with Crippen LogP contribution in [0.4, 0.5) is 0 Å². The molecule has 3 fully saturated rings. The number of alkyl halides is 1. The van der Waals surface area contributed by atoms with Crippen LogP contribution in [0.1, 0.15) is 19.3 Å². The van der Waals surface area contributed by atoms with Gasteiger partial charge in [0, 0.05) is 4.43 Å². The molecular weight excluding hydrogens is 237 g/mol. The van der Waals surface area contributed by atoms with Crippen molar-refractivity contribution in [3.05, 3.63) is 0 Å². The summed E-state index contributed by atoms with van der Waals surface area (Å²) in [6, 6.07) is 0. The van der Waals surface area contributed by atoms with E-state index >= 15 is 0 Å². The summed E-state index contributed by atoms with van der Waals surface area (Å²) in [6.07, 6.45) is 4.40. The smallest absolute Gasteiger partial charge is 0.00534 e. The van der Waals surface area contributed by atoms with Crippen LogP contribution >= 0.6 is 22.6 Å². The molecule has 0 aromatic carbocycles. The molecule has 0 unspecified atom stereocenters. The maximum atomic E-state index is 2.61. The van der Waals surface area contributed by atoms with Crippen molar-refractivity contribution in [1.82, 2.24) is 4.90 Å². The lowest BCUT2D eigenvalue weighted by molar-refractivity contribution is 0.0461. The van der Waals surface area contributed by atoms with Crippen LogP contribution in [0.15, 0.2) is 0 Å². The van der Waals surface area contributed by atoms with Gasteiger partial charge in [0.05, 0.1) is 0 Å². The highest BCUT2D eigenvalue weighted by Crippen LogP contribution is 2.41. The molecule has 2 bridgehead atoms. The van der Waals surface area contributed by atoms with Gasteiger partial charge in [-0.15, -0.1) is 0 Å². The second-order valence-electron chi connectivity index (χ2n) is 3.73. The standard InChI is InChI=1S/C8H14IN/c9-7-8-1-4-10(5-2-8)6-3-8/h1-7H2. The van der Waals surface area contributed by atoms with E-state index in [1.165, 1.54) is 43.3 Å². The van der Waals surface area contributed by atoms with Gasteiger partial charge in [0.15, 0.2) is 0 Å². The lowest BCUT2D eigenvalue weighted by Crippen LogP contribution is -2.48. The van der Waals surface area contributed by atoms with Crippen LogP contribution in [-0.2, 0) is 0 Å². The Kier molecular flexibility index (Phi) is 1.93. The van der Waals surface area contributed by atoms with Gasteiger partial charge in [0.1, 0.15) is 0 Å². The van der Waals surface area contributed by atoms with Crippen LogP contribution in [0.2, 0.25) is 0 Å². The van der Waals surface area contributed by atoms with E-state index in [1.54, 1.807) is 0 Å². The lowest BCUT2D eigenvalue weighted by Gasteiger charge is -2.47. The number of nitrogens with zero attached hydrogens (tertiary/aromatic N) is 1. The Balaban J connectivity index is 2.08. The third-order valence-electron chi connectivity index (χ3n) is 3.16. The molecular formula is C8H14IN. The first-order valence-electron chi connectivity index (χ1n) is 4.13. The largest absolute Gasteiger partial charge is 0.303 e. The Morgan fingerprint density at radius 2 is 1.60 bits per heavy atom. The molecule has 0 spiro atoms. The number of halogens is 1. The molecule has 3 rings (SSSR count). The van der Waals surface area contributed by atoms with Crippen molar-refractivity contribution in [2.24, 2.45) is 5.41 Å². The third-order valence-corrected chi connectivity index (χ3v) is 4.78. The Bertz CT molecular complexity index is 113. The summed E-state index contributed by atoms with van der Waals surface area (Å²) >= 11 is 2.57. The van der Waals surface area contributed by atoms with Crippen LogP contribution < -0.4 is 0 Å². The van der Waals surface area contributed by atoms with Crippen LogP contribution in [-0.4, -0.2) is 29.0 Å². The molecule has 3 aliphatic heterocycles. The van der Waals surface area contributed by atoms with Crippen molar-refractivity contribution in [3.8, 4) is 0 Å². The van der Waals surface area contributed by atoms with Crippen LogP contribution in [0.25, 0.3) is 0 Å². The molecule has 0 atom stereocenters. The SMILES string of the molecule is ICC12CCN(CC1)CC2. The Morgan fingerprint density at radius 1 is 1.10 bits per heavy atom. The topological polar surface area (TPSA) is 3.24 Å². The third kappa shape index (κ3) is 1.09. The second kappa shape index (κ2) is 2.63. The maximum Gasteiger partial charge on any atom is 0.00534 e. The van der Waals surface area contributed by atoms with Crippen LogP contribution in [0.3, 0.4) is 0 Å². The van der Waals surface area contributed by atoms with E-state index in [9.17, 15) is 0 Å². The Labute approximate surface area is 76.3 Å². The van der Waals surface area contributed by atoms with E-state index in [2.05, 4.69) is 27.5 Å². The average Bonchev–Trinajstić information content (AvgIpc) is 2.08. The van der Waals surface area contributed by atoms with Crippen molar-refractivity contribution in [2.45, 2.75) is 19.3 Å². The molecule has 0 aromatic rings. The molecule has 10 heavy (non-hydrogen) atoms. The Hall–Kier alpha value is 0.690. The number of piperidine rings is 3. The minimum absolute atomic E-state index is 0.773. The molecule has 3 aliphatic rings. The lowest BCUT2D eigenvalue weighted by atomic mass is 9.74. The van der Waals surface area contributed by atoms with Crippen molar-refractivity contribution < 1.29 is 0 Å². The van der Waals surface area contributed by atoms with E-state index in [-0.39, 0.29) is 0 Å². The summed E-state index contributed by atoms with van der Waals surface area (Å²) in [7, 11) is 0. The minimum Gasteiger partial charge on any atom is -0.303 e. The monoisotopic (exact) mass is 251 g/mol. The minimum atomic E-state index is 0.773. The average molecular weight is 251 g/mol. The molecule has 3 saturated heterocycles. The molecule has 0 aromatic heterocycles. The van der Waals surface area contributed by atoms with Gasteiger partial charge in [0.2, 0.25) is 0 Å². The molecule has 0 saturated carbocycles. The highest BCUT2D eigenvalue weighted by atomic mass is 127. The molecule has 1 nitrogen and oxygen atoms in total. The summed E-state index contributed by atoms with van der Waals surface area (Å²) < 4.78 is 1.39. The predicted molar refractivity (Wildman–Crippen MR) is 51.6 cm³/mol. The highest BCUT2D eigenvalue weighted by molar-refractivity contribution is 14.1. The van der Waals surface area contributed by atoms with E-state index in [4.69, 9.17) is 0 Å². The molecule has 3 heterocycles. The van der Waals surface area contributed by atoms with Gasteiger partial charge < -0.3 is 4.90 Å². The fourth-order valence-corrected chi connectivity index (χ4v) is 3.24. The van der Waals surface area contributed by atoms with Gasteiger partial charge >= 0.3 is 0 Å². The molecule has 0 N–H and O–H groups in total. The zero-order valence-corrected chi connectivity index (χ0v) is 8.43. The van der Waals surface area contributed by atoms with Gasteiger partial charge in [-0.25, -0.2) is 0 Å². The van der Waals surface area contributed by atoms with E-state index in [0.29, 0.717) is 0 Å². The van der Waals surface area contributed by atoms with E-state index in [0.717, 1.165) is 5.41 Å². The highest BCUT2D eigenvalue weighted by Gasteiger charge is 2.37. The zero-order chi connectivity index (χ0) is 7.03. The number of hydrogen-bond donors (Lipinski definition) is 0. The second-order valence-corrected chi connectivity index (χ2v) is 4.49. The summed E-state index contributed by atoms with van der Waals surface area (Å²) in [5.74, 6) is 0. The number of fused-ring (bicyclic) bond motifs is 3. The number of hydrogen-bond acceptors (Lipinski definition) is 1. The van der Waals surface area contributed by atoms with E-state index < -0.39 is 0 Å². The fourth-order valence-electron chi connectivity index (χ4n) is 2.10. The first-order chi connectivity index (χ1) is 4.85. The summed E-state index contributed by atoms with van der Waals surface area (Å²) in [5, 5.41) is 0. The van der Waals surface area contributed by atoms with Gasteiger partial charge in [-0.05, 0) is 44.3 Å². The first kappa shape index (κ1) is 7.35. The van der Waals surface area contributed by atoms with Crippen molar-refractivity contribution >= 4 is 22.6 Å². The van der Waals surface area contributed by atoms with Gasteiger partial charge in [-0.2, -0.15) is 0 Å². The first-order valence-corrected chi connectivity index (χ1v) is 5.66.